The zero-order valence-corrected chi connectivity index (χ0v) is 12.9. The number of aromatic carboxylic acids is 1. The molecule has 0 spiro atoms. The van der Waals surface area contributed by atoms with E-state index < -0.39 is 16.0 Å². The molecule has 0 bridgehead atoms. The van der Waals surface area contributed by atoms with Gasteiger partial charge in [0.1, 0.15) is 17.3 Å². The van der Waals surface area contributed by atoms with Gasteiger partial charge in [0.05, 0.1) is 10.5 Å². The Morgan fingerprint density at radius 3 is 2.62 bits per heavy atom. The molecular formula is C16H10N2O5S. The van der Waals surface area contributed by atoms with Gasteiger partial charge in [0, 0.05) is 5.39 Å². The Kier molecular flexibility index (Phi) is 3.71. The quantitative estimate of drug-likeness (QED) is 0.752. The fraction of sp³-hybridized carbons (Fsp3) is 0. The molecule has 0 saturated heterocycles. The van der Waals surface area contributed by atoms with Crippen LogP contribution in [0.4, 0.5) is 5.69 Å². The van der Waals surface area contributed by atoms with Gasteiger partial charge in [-0.2, -0.15) is 5.26 Å². The smallest absolute Gasteiger partial charge is 0.335 e. The zero-order valence-electron chi connectivity index (χ0n) is 12.1. The van der Waals surface area contributed by atoms with E-state index >= 15 is 0 Å². The van der Waals surface area contributed by atoms with E-state index in [9.17, 15) is 13.2 Å². The van der Waals surface area contributed by atoms with Crippen LogP contribution in [0.1, 0.15) is 16.1 Å². The number of benzene rings is 2. The van der Waals surface area contributed by atoms with Crippen molar-refractivity contribution in [3.8, 4) is 6.07 Å². The molecule has 0 fully saturated rings. The number of carboxylic acid groups (broad SMARTS) is 1. The van der Waals surface area contributed by atoms with Gasteiger partial charge in [0.25, 0.3) is 10.0 Å². The van der Waals surface area contributed by atoms with Crippen LogP contribution < -0.4 is 4.72 Å². The highest BCUT2D eigenvalue weighted by Gasteiger charge is 2.22. The first kappa shape index (κ1) is 15.6. The van der Waals surface area contributed by atoms with Gasteiger partial charge in [-0.05, 0) is 30.3 Å². The number of fused-ring (bicyclic) bond motifs is 1. The van der Waals surface area contributed by atoms with Gasteiger partial charge in [0.15, 0.2) is 0 Å². The summed E-state index contributed by atoms with van der Waals surface area (Å²) in [5.74, 6) is -1.41. The maximum absolute atomic E-state index is 12.5. The van der Waals surface area contributed by atoms with Gasteiger partial charge in [0.2, 0.25) is 5.76 Å². The molecule has 2 aromatic carbocycles. The Bertz CT molecular complexity index is 1090. The van der Waals surface area contributed by atoms with Crippen LogP contribution in [0.15, 0.2) is 57.8 Å². The minimum absolute atomic E-state index is 0.0221. The standard InChI is InChI=1S/C16H10N2O5S/c17-9-14-15(12-6-1-2-7-13(12)23-14)18-24(21,22)11-5-3-4-10(8-11)16(19)20/h1-8,18H,(H,19,20). The lowest BCUT2D eigenvalue weighted by Gasteiger charge is -2.07. The molecule has 0 aliphatic rings. The number of hydrogen-bond donors (Lipinski definition) is 2. The van der Waals surface area contributed by atoms with Gasteiger partial charge >= 0.3 is 5.97 Å². The zero-order chi connectivity index (χ0) is 17.3. The third kappa shape index (κ3) is 2.68. The van der Waals surface area contributed by atoms with Crippen molar-refractivity contribution >= 4 is 32.6 Å². The molecule has 0 amide bonds. The van der Waals surface area contributed by atoms with E-state index in [1.807, 2.05) is 0 Å². The summed E-state index contributed by atoms with van der Waals surface area (Å²) in [6.45, 7) is 0. The minimum atomic E-state index is -4.09. The van der Waals surface area contributed by atoms with Gasteiger partial charge in [-0.1, -0.05) is 18.2 Å². The topological polar surface area (TPSA) is 120 Å². The molecule has 120 valence electrons. The Labute approximate surface area is 136 Å². The first-order valence-corrected chi connectivity index (χ1v) is 8.18. The first-order valence-electron chi connectivity index (χ1n) is 6.70. The summed E-state index contributed by atoms with van der Waals surface area (Å²) in [7, 11) is -4.09. The molecule has 1 heterocycles. The summed E-state index contributed by atoms with van der Waals surface area (Å²) in [6.07, 6.45) is 0. The van der Waals surface area contributed by atoms with Crippen molar-refractivity contribution in [1.82, 2.24) is 0 Å². The van der Waals surface area contributed by atoms with Gasteiger partial charge in [-0.3, -0.25) is 4.72 Å². The Balaban J connectivity index is 2.09. The molecule has 0 radical (unpaired) electrons. The molecule has 0 aliphatic carbocycles. The number of para-hydroxylation sites is 1. The Morgan fingerprint density at radius 1 is 1.17 bits per heavy atom. The molecular weight excluding hydrogens is 332 g/mol. The van der Waals surface area contributed by atoms with Crippen molar-refractivity contribution in [3.05, 3.63) is 59.9 Å². The number of rotatable bonds is 4. The van der Waals surface area contributed by atoms with Gasteiger partial charge in [-0.25, -0.2) is 13.2 Å². The van der Waals surface area contributed by atoms with Crippen molar-refractivity contribution in [2.24, 2.45) is 0 Å². The molecule has 1 aromatic heterocycles. The summed E-state index contributed by atoms with van der Waals surface area (Å²) in [4.78, 5) is 10.8. The highest BCUT2D eigenvalue weighted by molar-refractivity contribution is 7.92. The lowest BCUT2D eigenvalue weighted by Crippen LogP contribution is -2.14. The van der Waals surface area contributed by atoms with Crippen LogP contribution in [-0.2, 0) is 10.0 Å². The second-order valence-corrected chi connectivity index (χ2v) is 6.54. The predicted octanol–water partition coefficient (Wildman–Crippen LogP) is 2.80. The molecule has 0 atom stereocenters. The number of nitrogens with one attached hydrogen (secondary N) is 1. The van der Waals surface area contributed by atoms with E-state index in [2.05, 4.69) is 4.72 Å². The minimum Gasteiger partial charge on any atom is -0.478 e. The third-order valence-electron chi connectivity index (χ3n) is 3.32. The normalized spacial score (nSPS) is 11.1. The average molecular weight is 342 g/mol. The van der Waals surface area contributed by atoms with Crippen LogP contribution in [0.5, 0.6) is 0 Å². The maximum atomic E-state index is 12.5. The number of furan rings is 1. The van der Waals surface area contributed by atoms with Crippen LogP contribution >= 0.6 is 0 Å². The highest BCUT2D eigenvalue weighted by atomic mass is 32.2. The van der Waals surface area contributed by atoms with Gasteiger partial charge < -0.3 is 9.52 Å². The van der Waals surface area contributed by atoms with E-state index in [1.54, 1.807) is 30.3 Å². The molecule has 0 aliphatic heterocycles. The first-order chi connectivity index (χ1) is 11.4. The summed E-state index contributed by atoms with van der Waals surface area (Å²) >= 11 is 0. The summed E-state index contributed by atoms with van der Waals surface area (Å²) in [6, 6.07) is 13.3. The summed E-state index contributed by atoms with van der Waals surface area (Å²) in [5.41, 5.74) is 0.232. The number of nitrogens with zero attached hydrogens (tertiary/aromatic N) is 1. The Morgan fingerprint density at radius 2 is 1.92 bits per heavy atom. The third-order valence-corrected chi connectivity index (χ3v) is 4.67. The summed E-state index contributed by atoms with van der Waals surface area (Å²) < 4.78 is 32.7. The summed E-state index contributed by atoms with van der Waals surface area (Å²) in [5, 5.41) is 18.6. The molecule has 8 heteroatoms. The molecule has 24 heavy (non-hydrogen) atoms. The number of hydrogen-bond acceptors (Lipinski definition) is 5. The van der Waals surface area contributed by atoms with Crippen LogP contribution in [0, 0.1) is 11.3 Å². The number of carboxylic acids is 1. The van der Waals surface area contributed by atoms with Crippen molar-refractivity contribution in [3.63, 3.8) is 0 Å². The number of carbonyl (C=O) groups is 1. The monoisotopic (exact) mass is 342 g/mol. The molecule has 0 saturated carbocycles. The lowest BCUT2D eigenvalue weighted by molar-refractivity contribution is 0.0696. The largest absolute Gasteiger partial charge is 0.478 e. The molecule has 3 rings (SSSR count). The maximum Gasteiger partial charge on any atom is 0.335 e. The van der Waals surface area contributed by atoms with Crippen molar-refractivity contribution in [1.29, 1.82) is 5.26 Å². The van der Waals surface area contributed by atoms with E-state index in [4.69, 9.17) is 14.8 Å². The van der Waals surface area contributed by atoms with Crippen LogP contribution in [0.2, 0.25) is 0 Å². The second-order valence-electron chi connectivity index (χ2n) is 4.85. The second kappa shape index (κ2) is 5.72. The molecule has 7 nitrogen and oxygen atoms in total. The molecule has 3 aromatic rings. The van der Waals surface area contributed by atoms with Crippen molar-refractivity contribution in [2.75, 3.05) is 4.72 Å². The van der Waals surface area contributed by atoms with Crippen LogP contribution in [-0.4, -0.2) is 19.5 Å². The molecule has 2 N–H and O–H groups in total. The number of anilines is 1. The van der Waals surface area contributed by atoms with E-state index in [0.717, 1.165) is 6.07 Å². The van der Waals surface area contributed by atoms with Gasteiger partial charge in [-0.15, -0.1) is 0 Å². The predicted molar refractivity (Wildman–Crippen MR) is 85.1 cm³/mol. The van der Waals surface area contributed by atoms with E-state index in [1.165, 1.54) is 18.2 Å². The number of sulfonamides is 1. The fourth-order valence-electron chi connectivity index (χ4n) is 2.22. The fourth-order valence-corrected chi connectivity index (χ4v) is 3.34. The number of nitriles is 1. The lowest BCUT2D eigenvalue weighted by atomic mass is 10.2. The average Bonchev–Trinajstić information content (AvgIpc) is 2.92. The van der Waals surface area contributed by atoms with Crippen molar-refractivity contribution < 1.29 is 22.7 Å². The van der Waals surface area contributed by atoms with Crippen LogP contribution in [0.3, 0.4) is 0 Å². The molecule has 0 unspecified atom stereocenters. The SMILES string of the molecule is N#Cc1oc2ccccc2c1NS(=O)(=O)c1cccc(C(=O)O)c1. The van der Waals surface area contributed by atoms with Crippen molar-refractivity contribution in [2.45, 2.75) is 4.90 Å². The Hall–Kier alpha value is -3.31. The van der Waals surface area contributed by atoms with E-state index in [-0.39, 0.29) is 21.9 Å². The van der Waals surface area contributed by atoms with Crippen LogP contribution in [0.25, 0.3) is 11.0 Å². The van der Waals surface area contributed by atoms with E-state index in [0.29, 0.717) is 11.0 Å². The highest BCUT2D eigenvalue weighted by Crippen LogP contribution is 2.32.